The SMILES string of the molecule is c1cc2c(c(-c3nc[nH]n3)c1)CCCC2. The van der Waals surface area contributed by atoms with Crippen LogP contribution in [0.15, 0.2) is 24.5 Å². The van der Waals surface area contributed by atoms with Gasteiger partial charge in [0.2, 0.25) is 0 Å². The summed E-state index contributed by atoms with van der Waals surface area (Å²) in [5.74, 6) is 0.828. The van der Waals surface area contributed by atoms with E-state index < -0.39 is 0 Å². The summed E-state index contributed by atoms with van der Waals surface area (Å²) in [6, 6.07) is 6.45. The average molecular weight is 199 g/mol. The zero-order chi connectivity index (χ0) is 10.1. The van der Waals surface area contributed by atoms with Crippen LogP contribution in [0.5, 0.6) is 0 Å². The molecule has 15 heavy (non-hydrogen) atoms. The van der Waals surface area contributed by atoms with Crippen molar-refractivity contribution in [2.45, 2.75) is 25.7 Å². The Balaban J connectivity index is 2.15. The van der Waals surface area contributed by atoms with Gasteiger partial charge < -0.3 is 0 Å². The number of aromatic nitrogens is 3. The summed E-state index contributed by atoms with van der Waals surface area (Å²) in [4.78, 5) is 4.23. The molecule has 76 valence electrons. The highest BCUT2D eigenvalue weighted by Gasteiger charge is 2.15. The van der Waals surface area contributed by atoms with Crippen molar-refractivity contribution in [1.82, 2.24) is 15.2 Å². The third-order valence-corrected chi connectivity index (χ3v) is 3.05. The number of aryl methyl sites for hydroxylation is 1. The van der Waals surface area contributed by atoms with Crippen LogP contribution < -0.4 is 0 Å². The van der Waals surface area contributed by atoms with Gasteiger partial charge in [0.25, 0.3) is 0 Å². The molecule has 1 aromatic heterocycles. The molecule has 0 saturated carbocycles. The molecule has 0 spiro atoms. The highest BCUT2D eigenvalue weighted by molar-refractivity contribution is 5.62. The summed E-state index contributed by atoms with van der Waals surface area (Å²) in [7, 11) is 0. The zero-order valence-electron chi connectivity index (χ0n) is 8.53. The number of hydrogen-bond acceptors (Lipinski definition) is 2. The minimum absolute atomic E-state index is 0.828. The Kier molecular flexibility index (Phi) is 2.02. The van der Waals surface area contributed by atoms with Gasteiger partial charge >= 0.3 is 0 Å². The molecule has 1 aromatic carbocycles. The first-order valence-corrected chi connectivity index (χ1v) is 5.42. The third-order valence-electron chi connectivity index (χ3n) is 3.05. The molecule has 0 unspecified atom stereocenters. The maximum atomic E-state index is 4.23. The summed E-state index contributed by atoms with van der Waals surface area (Å²) in [6.45, 7) is 0. The van der Waals surface area contributed by atoms with Crippen LogP contribution in [0.1, 0.15) is 24.0 Å². The Morgan fingerprint density at radius 1 is 1.13 bits per heavy atom. The van der Waals surface area contributed by atoms with Crippen LogP contribution in [0.3, 0.4) is 0 Å². The minimum atomic E-state index is 0.828. The largest absolute Gasteiger partial charge is 0.265 e. The lowest BCUT2D eigenvalue weighted by molar-refractivity contribution is 0.686. The molecular weight excluding hydrogens is 186 g/mol. The molecule has 1 aliphatic rings. The Hall–Kier alpha value is -1.64. The first kappa shape index (κ1) is 8.65. The van der Waals surface area contributed by atoms with E-state index >= 15 is 0 Å². The third kappa shape index (κ3) is 1.44. The molecule has 0 atom stereocenters. The molecule has 0 radical (unpaired) electrons. The molecule has 0 saturated heterocycles. The van der Waals surface area contributed by atoms with Crippen LogP contribution >= 0.6 is 0 Å². The highest BCUT2D eigenvalue weighted by atomic mass is 15.2. The average Bonchev–Trinajstić information content (AvgIpc) is 2.82. The number of H-pyrrole nitrogens is 1. The standard InChI is InChI=1S/C12H13N3/c1-2-6-10-9(4-1)5-3-7-11(10)12-13-8-14-15-12/h3,5,7-8H,1-2,4,6H2,(H,13,14,15). The predicted molar refractivity (Wildman–Crippen MR) is 58.5 cm³/mol. The number of rotatable bonds is 1. The fourth-order valence-electron chi connectivity index (χ4n) is 2.33. The van der Waals surface area contributed by atoms with Crippen molar-refractivity contribution in [3.63, 3.8) is 0 Å². The summed E-state index contributed by atoms with van der Waals surface area (Å²) in [5, 5.41) is 6.93. The van der Waals surface area contributed by atoms with E-state index in [1.165, 1.54) is 42.4 Å². The van der Waals surface area contributed by atoms with E-state index in [9.17, 15) is 0 Å². The van der Waals surface area contributed by atoms with Crippen molar-refractivity contribution < 1.29 is 0 Å². The van der Waals surface area contributed by atoms with Gasteiger partial charge in [-0.2, -0.15) is 5.10 Å². The van der Waals surface area contributed by atoms with E-state index in [0.717, 1.165) is 5.82 Å². The van der Waals surface area contributed by atoms with E-state index in [1.54, 1.807) is 6.33 Å². The molecule has 3 nitrogen and oxygen atoms in total. The number of nitrogens with one attached hydrogen (secondary N) is 1. The molecule has 2 aromatic rings. The summed E-state index contributed by atoms with van der Waals surface area (Å²) in [5.41, 5.74) is 4.13. The molecule has 0 fully saturated rings. The summed E-state index contributed by atoms with van der Waals surface area (Å²) >= 11 is 0. The number of hydrogen-bond donors (Lipinski definition) is 1. The minimum Gasteiger partial charge on any atom is -0.265 e. The number of benzene rings is 1. The second-order valence-corrected chi connectivity index (χ2v) is 3.97. The van der Waals surface area contributed by atoms with Crippen LogP contribution in [0.25, 0.3) is 11.4 Å². The van der Waals surface area contributed by atoms with Crippen LogP contribution in [0, 0.1) is 0 Å². The van der Waals surface area contributed by atoms with Crippen molar-refractivity contribution in [3.05, 3.63) is 35.7 Å². The van der Waals surface area contributed by atoms with E-state index in [-0.39, 0.29) is 0 Å². The molecule has 3 heteroatoms. The summed E-state index contributed by atoms with van der Waals surface area (Å²) in [6.07, 6.45) is 6.60. The van der Waals surface area contributed by atoms with Crippen LogP contribution in [-0.2, 0) is 12.8 Å². The van der Waals surface area contributed by atoms with Gasteiger partial charge in [0.15, 0.2) is 5.82 Å². The lowest BCUT2D eigenvalue weighted by Gasteiger charge is -2.17. The van der Waals surface area contributed by atoms with Crippen molar-refractivity contribution in [1.29, 1.82) is 0 Å². The lowest BCUT2D eigenvalue weighted by atomic mass is 9.88. The normalized spacial score (nSPS) is 14.9. The molecule has 3 rings (SSSR count). The number of aromatic amines is 1. The van der Waals surface area contributed by atoms with Gasteiger partial charge in [-0.3, -0.25) is 5.10 Å². The van der Waals surface area contributed by atoms with Crippen LogP contribution in [0.4, 0.5) is 0 Å². The van der Waals surface area contributed by atoms with Gasteiger partial charge in [-0.1, -0.05) is 18.2 Å². The quantitative estimate of drug-likeness (QED) is 0.766. The molecule has 0 bridgehead atoms. The monoisotopic (exact) mass is 199 g/mol. The van der Waals surface area contributed by atoms with E-state index in [2.05, 4.69) is 33.4 Å². The summed E-state index contributed by atoms with van der Waals surface area (Å²) < 4.78 is 0. The first-order valence-electron chi connectivity index (χ1n) is 5.42. The molecule has 1 N–H and O–H groups in total. The van der Waals surface area contributed by atoms with Crippen molar-refractivity contribution in [3.8, 4) is 11.4 Å². The Bertz CT molecular complexity index is 460. The Morgan fingerprint density at radius 3 is 2.93 bits per heavy atom. The highest BCUT2D eigenvalue weighted by Crippen LogP contribution is 2.29. The van der Waals surface area contributed by atoms with Crippen LogP contribution in [0.2, 0.25) is 0 Å². The number of fused-ring (bicyclic) bond motifs is 1. The van der Waals surface area contributed by atoms with Gasteiger partial charge in [-0.15, -0.1) is 0 Å². The maximum Gasteiger partial charge on any atom is 0.181 e. The molecule has 1 heterocycles. The van der Waals surface area contributed by atoms with Gasteiger partial charge in [-0.25, -0.2) is 4.98 Å². The van der Waals surface area contributed by atoms with Gasteiger partial charge in [0.05, 0.1) is 0 Å². The smallest absolute Gasteiger partial charge is 0.181 e. The topological polar surface area (TPSA) is 41.6 Å². The maximum absolute atomic E-state index is 4.23. The number of nitrogens with zero attached hydrogens (tertiary/aromatic N) is 2. The van der Waals surface area contributed by atoms with Crippen molar-refractivity contribution in [2.75, 3.05) is 0 Å². The van der Waals surface area contributed by atoms with E-state index in [0.29, 0.717) is 0 Å². The zero-order valence-corrected chi connectivity index (χ0v) is 8.53. The van der Waals surface area contributed by atoms with Gasteiger partial charge in [-0.05, 0) is 36.8 Å². The van der Waals surface area contributed by atoms with Crippen molar-refractivity contribution in [2.24, 2.45) is 0 Å². The molecule has 0 aliphatic heterocycles. The van der Waals surface area contributed by atoms with Gasteiger partial charge in [0.1, 0.15) is 6.33 Å². The molecule has 1 aliphatic carbocycles. The fraction of sp³-hybridized carbons (Fsp3) is 0.333. The predicted octanol–water partition coefficient (Wildman–Crippen LogP) is 2.35. The Morgan fingerprint density at radius 2 is 2.07 bits per heavy atom. The second kappa shape index (κ2) is 3.50. The van der Waals surface area contributed by atoms with Crippen LogP contribution in [-0.4, -0.2) is 15.2 Å². The van der Waals surface area contributed by atoms with Gasteiger partial charge in [0, 0.05) is 5.56 Å². The van der Waals surface area contributed by atoms with Crippen molar-refractivity contribution >= 4 is 0 Å². The lowest BCUT2D eigenvalue weighted by Crippen LogP contribution is -2.04. The first-order chi connectivity index (χ1) is 7.45. The fourth-order valence-corrected chi connectivity index (χ4v) is 2.33. The van der Waals surface area contributed by atoms with E-state index in [4.69, 9.17) is 0 Å². The van der Waals surface area contributed by atoms with E-state index in [1.807, 2.05) is 0 Å². The second-order valence-electron chi connectivity index (χ2n) is 3.97. The molecular formula is C12H13N3. The molecule has 0 amide bonds. The Labute approximate surface area is 88.6 Å².